The van der Waals surface area contributed by atoms with E-state index in [0.717, 1.165) is 35.5 Å². The van der Waals surface area contributed by atoms with Crippen molar-refractivity contribution in [2.45, 2.75) is 33.0 Å². The highest BCUT2D eigenvalue weighted by molar-refractivity contribution is 14.0. The number of hydrogen-bond donors (Lipinski definition) is 2. The topological polar surface area (TPSA) is 54.2 Å². The Hall–Kier alpha value is -2.06. The molecular weight excluding hydrogens is 497 g/mol. The zero-order chi connectivity index (χ0) is 19.8. The number of nitrogens with one attached hydrogen (secondary N) is 2. The second-order valence-corrected chi connectivity index (χ2v) is 7.01. The maximum absolute atomic E-state index is 6.11. The summed E-state index contributed by atoms with van der Waals surface area (Å²) in [6.07, 6.45) is 3.82. The van der Waals surface area contributed by atoms with Crippen LogP contribution in [-0.2, 0) is 13.1 Å². The maximum Gasteiger partial charge on any atom is 0.192 e. The minimum atomic E-state index is 0. The van der Waals surface area contributed by atoms with Gasteiger partial charge in [-0.15, -0.1) is 24.0 Å². The Morgan fingerprint density at radius 3 is 2.69 bits per heavy atom. The molecule has 154 valence electrons. The minimum absolute atomic E-state index is 0. The van der Waals surface area contributed by atoms with Gasteiger partial charge in [-0.3, -0.25) is 0 Å². The number of benzene rings is 2. The van der Waals surface area contributed by atoms with Crippen molar-refractivity contribution >= 4 is 41.5 Å². The molecule has 0 fully saturated rings. The first-order valence-electron chi connectivity index (χ1n) is 9.50. The molecule has 2 aromatic carbocycles. The number of guanidine groups is 1. The van der Waals surface area contributed by atoms with E-state index < -0.39 is 0 Å². The van der Waals surface area contributed by atoms with Gasteiger partial charge in [0.25, 0.3) is 0 Å². The van der Waals surface area contributed by atoms with Gasteiger partial charge in [0.1, 0.15) is 12.4 Å². The third-order valence-corrected chi connectivity index (χ3v) is 4.66. The minimum Gasteiger partial charge on any atom is -0.357 e. The van der Waals surface area contributed by atoms with Gasteiger partial charge >= 0.3 is 0 Å². The summed E-state index contributed by atoms with van der Waals surface area (Å²) in [6.45, 7) is 6.21. The second kappa shape index (κ2) is 11.8. The van der Waals surface area contributed by atoms with Crippen LogP contribution in [0.25, 0.3) is 0 Å². The van der Waals surface area contributed by atoms with E-state index in [9.17, 15) is 0 Å². The Bertz CT molecular complexity index is 910. The highest BCUT2D eigenvalue weighted by atomic mass is 127. The SMILES string of the molecule is CCNC(=NCc1nccn1Cc1ccccc1)NC(C)c1cccc(Cl)c1.I. The molecule has 0 aliphatic carbocycles. The summed E-state index contributed by atoms with van der Waals surface area (Å²) in [4.78, 5) is 9.20. The summed E-state index contributed by atoms with van der Waals surface area (Å²) in [5, 5.41) is 7.47. The van der Waals surface area contributed by atoms with Gasteiger partial charge < -0.3 is 15.2 Å². The molecule has 0 aliphatic heterocycles. The summed E-state index contributed by atoms with van der Waals surface area (Å²) in [6, 6.07) is 18.3. The molecule has 3 rings (SSSR count). The first-order valence-corrected chi connectivity index (χ1v) is 9.87. The first-order chi connectivity index (χ1) is 13.7. The molecule has 0 radical (unpaired) electrons. The summed E-state index contributed by atoms with van der Waals surface area (Å²) in [5.74, 6) is 1.68. The zero-order valence-corrected chi connectivity index (χ0v) is 19.8. The number of halogens is 2. The number of nitrogens with zero attached hydrogens (tertiary/aromatic N) is 3. The monoisotopic (exact) mass is 523 g/mol. The van der Waals surface area contributed by atoms with Crippen LogP contribution in [0, 0.1) is 0 Å². The fourth-order valence-corrected chi connectivity index (χ4v) is 3.15. The van der Waals surface area contributed by atoms with E-state index >= 15 is 0 Å². The average molecular weight is 524 g/mol. The van der Waals surface area contributed by atoms with Crippen molar-refractivity contribution in [3.63, 3.8) is 0 Å². The number of imidazole rings is 1. The Balaban J connectivity index is 0.00000300. The van der Waals surface area contributed by atoms with Gasteiger partial charge in [0.15, 0.2) is 5.96 Å². The fourth-order valence-electron chi connectivity index (χ4n) is 2.95. The van der Waals surface area contributed by atoms with Gasteiger partial charge in [0, 0.05) is 30.5 Å². The molecule has 0 saturated heterocycles. The zero-order valence-electron chi connectivity index (χ0n) is 16.7. The van der Waals surface area contributed by atoms with Crippen molar-refractivity contribution in [2.24, 2.45) is 4.99 Å². The molecule has 2 N–H and O–H groups in total. The maximum atomic E-state index is 6.11. The lowest BCUT2D eigenvalue weighted by Crippen LogP contribution is -2.38. The second-order valence-electron chi connectivity index (χ2n) is 6.57. The number of aliphatic imine (C=N–C) groups is 1. The molecule has 0 spiro atoms. The Morgan fingerprint density at radius 1 is 1.17 bits per heavy atom. The van der Waals surface area contributed by atoms with E-state index in [4.69, 9.17) is 16.6 Å². The van der Waals surface area contributed by atoms with Crippen LogP contribution >= 0.6 is 35.6 Å². The molecule has 5 nitrogen and oxygen atoms in total. The summed E-state index contributed by atoms with van der Waals surface area (Å²) >= 11 is 6.11. The van der Waals surface area contributed by atoms with E-state index in [1.54, 1.807) is 0 Å². The molecule has 0 amide bonds. The van der Waals surface area contributed by atoms with Crippen LogP contribution in [0.3, 0.4) is 0 Å². The third-order valence-electron chi connectivity index (χ3n) is 4.42. The van der Waals surface area contributed by atoms with Gasteiger partial charge in [-0.2, -0.15) is 0 Å². The van der Waals surface area contributed by atoms with Crippen molar-refractivity contribution in [1.82, 2.24) is 20.2 Å². The highest BCUT2D eigenvalue weighted by Crippen LogP contribution is 2.17. The van der Waals surface area contributed by atoms with Crippen LogP contribution in [0.1, 0.15) is 36.8 Å². The highest BCUT2D eigenvalue weighted by Gasteiger charge is 2.09. The molecule has 29 heavy (non-hydrogen) atoms. The normalized spacial score (nSPS) is 12.2. The Morgan fingerprint density at radius 2 is 1.97 bits per heavy atom. The predicted molar refractivity (Wildman–Crippen MR) is 131 cm³/mol. The van der Waals surface area contributed by atoms with E-state index in [1.807, 2.05) is 36.7 Å². The van der Waals surface area contributed by atoms with Crippen molar-refractivity contribution in [3.8, 4) is 0 Å². The van der Waals surface area contributed by atoms with E-state index in [0.29, 0.717) is 6.54 Å². The Labute approximate surface area is 194 Å². The van der Waals surface area contributed by atoms with Crippen LogP contribution < -0.4 is 10.6 Å². The molecule has 3 aromatic rings. The lowest BCUT2D eigenvalue weighted by Gasteiger charge is -2.18. The largest absolute Gasteiger partial charge is 0.357 e. The van der Waals surface area contributed by atoms with Crippen LogP contribution in [0.5, 0.6) is 0 Å². The quantitative estimate of drug-likeness (QED) is 0.260. The van der Waals surface area contributed by atoms with Crippen molar-refractivity contribution < 1.29 is 0 Å². The molecule has 1 unspecified atom stereocenters. The van der Waals surface area contributed by atoms with Crippen molar-refractivity contribution in [1.29, 1.82) is 0 Å². The standard InChI is InChI=1S/C22H26ClN5.HI/c1-3-24-22(27-17(2)19-10-7-11-20(23)14-19)26-15-21-25-12-13-28(21)16-18-8-5-4-6-9-18;/h4-14,17H,3,15-16H2,1-2H3,(H2,24,26,27);1H. The Kier molecular flexibility index (Phi) is 9.47. The number of aromatic nitrogens is 2. The molecule has 7 heteroatoms. The van der Waals surface area contributed by atoms with Crippen LogP contribution in [0.4, 0.5) is 0 Å². The van der Waals surface area contributed by atoms with E-state index in [1.165, 1.54) is 5.56 Å². The van der Waals surface area contributed by atoms with E-state index in [2.05, 4.69) is 64.4 Å². The molecule has 1 aromatic heterocycles. The van der Waals surface area contributed by atoms with Crippen molar-refractivity contribution in [2.75, 3.05) is 6.54 Å². The van der Waals surface area contributed by atoms with Gasteiger partial charge in [-0.1, -0.05) is 54.1 Å². The van der Waals surface area contributed by atoms with Crippen LogP contribution in [0.15, 0.2) is 72.0 Å². The number of rotatable bonds is 7. The number of hydrogen-bond acceptors (Lipinski definition) is 2. The van der Waals surface area contributed by atoms with Crippen LogP contribution in [-0.4, -0.2) is 22.1 Å². The van der Waals surface area contributed by atoms with Gasteiger partial charge in [-0.25, -0.2) is 9.98 Å². The van der Waals surface area contributed by atoms with Crippen LogP contribution in [0.2, 0.25) is 5.02 Å². The lowest BCUT2D eigenvalue weighted by atomic mass is 10.1. The molecule has 1 heterocycles. The molecule has 1 atom stereocenters. The first kappa shape index (κ1) is 23.2. The van der Waals surface area contributed by atoms with Crippen molar-refractivity contribution in [3.05, 3.63) is 89.0 Å². The summed E-state index contributed by atoms with van der Waals surface area (Å²) in [7, 11) is 0. The summed E-state index contributed by atoms with van der Waals surface area (Å²) < 4.78 is 2.13. The molecule has 0 bridgehead atoms. The summed E-state index contributed by atoms with van der Waals surface area (Å²) in [5.41, 5.74) is 2.36. The average Bonchev–Trinajstić information content (AvgIpc) is 3.14. The lowest BCUT2D eigenvalue weighted by molar-refractivity contribution is 0.677. The molecule has 0 aliphatic rings. The smallest absolute Gasteiger partial charge is 0.192 e. The van der Waals surface area contributed by atoms with Gasteiger partial charge in [0.05, 0.1) is 6.04 Å². The van der Waals surface area contributed by atoms with E-state index in [-0.39, 0.29) is 30.0 Å². The molecular formula is C22H27ClIN5. The van der Waals surface area contributed by atoms with Gasteiger partial charge in [0.2, 0.25) is 0 Å². The fraction of sp³-hybridized carbons (Fsp3) is 0.273. The predicted octanol–water partition coefficient (Wildman–Crippen LogP) is 5.02. The third kappa shape index (κ3) is 7.04. The molecule has 0 saturated carbocycles. The van der Waals surface area contributed by atoms with Gasteiger partial charge in [-0.05, 0) is 37.1 Å².